The van der Waals surface area contributed by atoms with E-state index in [0.29, 0.717) is 27.9 Å². The first-order valence-electron chi connectivity index (χ1n) is 8.17. The van der Waals surface area contributed by atoms with Gasteiger partial charge in [0.25, 0.3) is 5.91 Å². The van der Waals surface area contributed by atoms with Crippen LogP contribution in [0.2, 0.25) is 0 Å². The molecule has 138 valence electrons. The largest absolute Gasteiger partial charge is 0.466 e. The van der Waals surface area contributed by atoms with Crippen LogP contribution in [0.1, 0.15) is 34.5 Å². The Morgan fingerprint density at radius 3 is 2.63 bits per heavy atom. The highest BCUT2D eigenvalue weighted by Gasteiger charge is 2.17. The number of hydrogen-bond donors (Lipinski definition) is 1. The lowest BCUT2D eigenvalue weighted by Gasteiger charge is -2.17. The summed E-state index contributed by atoms with van der Waals surface area (Å²) in [7, 11) is 0. The second kappa shape index (κ2) is 7.96. The van der Waals surface area contributed by atoms with Gasteiger partial charge in [-0.15, -0.1) is 11.3 Å². The van der Waals surface area contributed by atoms with Crippen molar-refractivity contribution in [1.29, 1.82) is 0 Å². The Morgan fingerprint density at radius 1 is 1.26 bits per heavy atom. The smallest absolute Gasteiger partial charge is 0.274 e. The Balaban J connectivity index is 1.71. The lowest BCUT2D eigenvalue weighted by atomic mass is 10.2. The van der Waals surface area contributed by atoms with Gasteiger partial charge in [-0.25, -0.2) is 10.4 Å². The van der Waals surface area contributed by atoms with Crippen molar-refractivity contribution in [2.24, 2.45) is 5.10 Å². The first kappa shape index (κ1) is 18.5. The van der Waals surface area contributed by atoms with Crippen LogP contribution in [0.4, 0.5) is 10.8 Å². The summed E-state index contributed by atoms with van der Waals surface area (Å²) in [5, 5.41) is 6.22. The summed E-state index contributed by atoms with van der Waals surface area (Å²) in [6.45, 7) is 4.98. The number of anilines is 2. The fraction of sp³-hybridized carbons (Fsp3) is 0.158. The van der Waals surface area contributed by atoms with E-state index in [1.807, 2.05) is 30.3 Å². The summed E-state index contributed by atoms with van der Waals surface area (Å²) < 4.78 is 5.33. The molecule has 0 saturated carbocycles. The Morgan fingerprint density at radius 2 is 2.00 bits per heavy atom. The normalized spacial score (nSPS) is 10.9. The fourth-order valence-electron chi connectivity index (χ4n) is 2.52. The second-order valence-corrected chi connectivity index (χ2v) is 6.61. The zero-order chi connectivity index (χ0) is 19.4. The quantitative estimate of drug-likeness (QED) is 0.537. The highest BCUT2D eigenvalue weighted by atomic mass is 32.1. The average molecular weight is 382 g/mol. The Bertz CT molecular complexity index is 992. The van der Waals surface area contributed by atoms with Crippen LogP contribution < -0.4 is 10.3 Å². The van der Waals surface area contributed by atoms with Crippen molar-refractivity contribution in [2.45, 2.75) is 20.8 Å². The number of thiazole rings is 1. The van der Waals surface area contributed by atoms with Gasteiger partial charge < -0.3 is 4.42 Å². The van der Waals surface area contributed by atoms with Gasteiger partial charge in [0.1, 0.15) is 11.5 Å². The van der Waals surface area contributed by atoms with Gasteiger partial charge in [0.2, 0.25) is 5.91 Å². The lowest BCUT2D eigenvalue weighted by molar-refractivity contribution is -0.115. The predicted molar refractivity (Wildman–Crippen MR) is 105 cm³/mol. The van der Waals surface area contributed by atoms with Crippen LogP contribution in [0.3, 0.4) is 0 Å². The maximum Gasteiger partial charge on any atom is 0.274 e. The molecule has 0 aliphatic carbocycles. The third-order valence-electron chi connectivity index (χ3n) is 3.68. The molecule has 2 aromatic heterocycles. The van der Waals surface area contributed by atoms with E-state index in [-0.39, 0.29) is 11.8 Å². The summed E-state index contributed by atoms with van der Waals surface area (Å²) >= 11 is 1.32. The van der Waals surface area contributed by atoms with Crippen LogP contribution in [-0.4, -0.2) is 23.0 Å². The van der Waals surface area contributed by atoms with E-state index in [0.717, 1.165) is 5.69 Å². The number of nitrogens with zero attached hydrogens (tertiary/aromatic N) is 3. The van der Waals surface area contributed by atoms with Gasteiger partial charge in [0.15, 0.2) is 5.13 Å². The molecule has 1 aromatic carbocycles. The molecule has 2 heterocycles. The van der Waals surface area contributed by atoms with Crippen LogP contribution in [0, 0.1) is 13.8 Å². The minimum Gasteiger partial charge on any atom is -0.466 e. The zero-order valence-corrected chi connectivity index (χ0v) is 15.9. The zero-order valence-electron chi connectivity index (χ0n) is 15.1. The molecule has 3 aromatic rings. The van der Waals surface area contributed by atoms with Gasteiger partial charge in [-0.1, -0.05) is 18.2 Å². The third kappa shape index (κ3) is 4.29. The van der Waals surface area contributed by atoms with Crippen molar-refractivity contribution < 1.29 is 14.0 Å². The SMILES string of the molecule is CC(=O)N(c1ccccc1)c1nc(/C=N\NC(=O)c2cc(C)oc2C)cs1. The molecule has 0 saturated heterocycles. The third-order valence-corrected chi connectivity index (χ3v) is 4.52. The van der Waals surface area contributed by atoms with Crippen molar-refractivity contribution in [3.63, 3.8) is 0 Å². The molecule has 8 heteroatoms. The van der Waals surface area contributed by atoms with E-state index in [1.165, 1.54) is 29.4 Å². The molecule has 7 nitrogen and oxygen atoms in total. The molecule has 0 radical (unpaired) electrons. The van der Waals surface area contributed by atoms with Crippen LogP contribution in [0.5, 0.6) is 0 Å². The summed E-state index contributed by atoms with van der Waals surface area (Å²) in [5.41, 5.74) is 4.17. The molecule has 0 aliphatic rings. The molecule has 0 atom stereocenters. The monoisotopic (exact) mass is 382 g/mol. The van der Waals surface area contributed by atoms with E-state index in [4.69, 9.17) is 4.42 Å². The van der Waals surface area contributed by atoms with Gasteiger partial charge in [-0.3, -0.25) is 14.5 Å². The van der Waals surface area contributed by atoms with E-state index in [2.05, 4.69) is 15.5 Å². The first-order chi connectivity index (χ1) is 13.0. The molecular formula is C19H18N4O3S. The number of amides is 2. The molecule has 0 aliphatic heterocycles. The highest BCUT2D eigenvalue weighted by Crippen LogP contribution is 2.28. The maximum atomic E-state index is 12.1. The van der Waals surface area contributed by atoms with Gasteiger partial charge >= 0.3 is 0 Å². The van der Waals surface area contributed by atoms with E-state index in [9.17, 15) is 9.59 Å². The summed E-state index contributed by atoms with van der Waals surface area (Å²) in [4.78, 5) is 30.1. The molecule has 0 unspecified atom stereocenters. The van der Waals surface area contributed by atoms with Crippen LogP contribution >= 0.6 is 11.3 Å². The molecule has 0 spiro atoms. The topological polar surface area (TPSA) is 87.8 Å². The van der Waals surface area contributed by atoms with Gasteiger partial charge in [-0.05, 0) is 32.0 Å². The second-order valence-electron chi connectivity index (χ2n) is 5.77. The van der Waals surface area contributed by atoms with Crippen molar-refractivity contribution >= 4 is 40.2 Å². The van der Waals surface area contributed by atoms with Crippen LogP contribution in [-0.2, 0) is 4.79 Å². The fourth-order valence-corrected chi connectivity index (χ4v) is 3.35. The average Bonchev–Trinajstić information content (AvgIpc) is 3.22. The molecule has 0 fully saturated rings. The number of furan rings is 1. The van der Waals surface area contributed by atoms with Crippen molar-refractivity contribution in [3.05, 3.63) is 64.6 Å². The number of carbonyl (C=O) groups is 2. The molecule has 2 amide bonds. The number of para-hydroxylation sites is 1. The van der Waals surface area contributed by atoms with Crippen LogP contribution in [0.25, 0.3) is 0 Å². The number of hydrazone groups is 1. The highest BCUT2D eigenvalue weighted by molar-refractivity contribution is 7.14. The maximum absolute atomic E-state index is 12.1. The van der Waals surface area contributed by atoms with Crippen LogP contribution in [0.15, 0.2) is 51.3 Å². The summed E-state index contributed by atoms with van der Waals surface area (Å²) in [6.07, 6.45) is 1.43. The number of hydrogen-bond acceptors (Lipinski definition) is 6. The standard InChI is InChI=1S/C19H18N4O3S/c1-12-9-17(13(2)26-12)18(25)22-20-10-15-11-27-19(21-15)23(14(3)24)16-7-5-4-6-8-16/h4-11H,1-3H3,(H,22,25)/b20-10-. The number of aryl methyl sites for hydroxylation is 2. The molecular weight excluding hydrogens is 364 g/mol. The Kier molecular flexibility index (Phi) is 5.46. The Labute approximate surface area is 160 Å². The molecule has 27 heavy (non-hydrogen) atoms. The molecule has 3 rings (SSSR count). The number of benzene rings is 1. The van der Waals surface area contributed by atoms with Gasteiger partial charge in [0, 0.05) is 12.3 Å². The number of aromatic nitrogens is 1. The van der Waals surface area contributed by atoms with Crippen molar-refractivity contribution in [3.8, 4) is 0 Å². The number of nitrogens with one attached hydrogen (secondary N) is 1. The minimum absolute atomic E-state index is 0.141. The van der Waals surface area contributed by atoms with Gasteiger partial charge in [0.05, 0.1) is 23.2 Å². The van der Waals surface area contributed by atoms with Gasteiger partial charge in [-0.2, -0.15) is 5.10 Å². The van der Waals surface area contributed by atoms with Crippen molar-refractivity contribution in [2.75, 3.05) is 4.90 Å². The van der Waals surface area contributed by atoms with Crippen molar-refractivity contribution in [1.82, 2.24) is 10.4 Å². The van der Waals surface area contributed by atoms with E-state index >= 15 is 0 Å². The summed E-state index contributed by atoms with van der Waals surface area (Å²) in [5.74, 6) is 0.705. The molecule has 1 N–H and O–H groups in total. The molecule has 0 bridgehead atoms. The number of carbonyl (C=O) groups excluding carboxylic acids is 2. The summed E-state index contributed by atoms with van der Waals surface area (Å²) in [6, 6.07) is 10.9. The Hall–Kier alpha value is -3.26. The lowest BCUT2D eigenvalue weighted by Crippen LogP contribution is -2.22. The van der Waals surface area contributed by atoms with E-state index < -0.39 is 0 Å². The minimum atomic E-state index is -0.356. The predicted octanol–water partition coefficient (Wildman–Crippen LogP) is 3.80. The van der Waals surface area contributed by atoms with E-state index in [1.54, 1.807) is 25.3 Å². The number of rotatable bonds is 5. The first-order valence-corrected chi connectivity index (χ1v) is 9.05.